The molecule has 0 saturated heterocycles. The number of carbonyl (C=O) groups is 2. The van der Waals surface area contributed by atoms with Crippen LogP contribution in [-0.2, 0) is 11.2 Å². The molecule has 0 bridgehead atoms. The molecule has 4 rings (SSSR count). The number of halogens is 1. The first-order valence-electron chi connectivity index (χ1n) is 8.20. The van der Waals surface area contributed by atoms with E-state index < -0.39 is 11.7 Å². The number of aromatic nitrogens is 4. The van der Waals surface area contributed by atoms with Crippen molar-refractivity contribution in [3.8, 4) is 0 Å². The summed E-state index contributed by atoms with van der Waals surface area (Å²) < 4.78 is 15.3. The fraction of sp³-hybridized carbons (Fsp3) is 0.0556. The van der Waals surface area contributed by atoms with Gasteiger partial charge in [0.05, 0.1) is 17.7 Å². The highest BCUT2D eigenvalue weighted by atomic mass is 32.1. The average Bonchev–Trinajstić information content (AvgIpc) is 3.29. The zero-order valence-corrected chi connectivity index (χ0v) is 15.1. The molecular weight excluding hydrogens is 383 g/mol. The number of anilines is 2. The molecule has 2 amide bonds. The van der Waals surface area contributed by atoms with Gasteiger partial charge in [0.15, 0.2) is 10.8 Å². The third-order valence-corrected chi connectivity index (χ3v) is 4.60. The molecule has 140 valence electrons. The van der Waals surface area contributed by atoms with Crippen molar-refractivity contribution < 1.29 is 14.0 Å². The van der Waals surface area contributed by atoms with Crippen LogP contribution in [0.4, 0.5) is 15.5 Å². The lowest BCUT2D eigenvalue weighted by Crippen LogP contribution is -2.17. The highest BCUT2D eigenvalue weighted by Crippen LogP contribution is 2.18. The Balaban J connectivity index is 1.40. The van der Waals surface area contributed by atoms with E-state index in [1.807, 2.05) is 6.07 Å². The van der Waals surface area contributed by atoms with Crippen molar-refractivity contribution >= 4 is 39.9 Å². The Morgan fingerprint density at radius 1 is 1.07 bits per heavy atom. The standard InChI is InChI=1S/C18H13FN6O2S/c19-13-6-2-1-5-12(13)16(27)22-18-20-11(10-28-18)9-15(26)21-17-24-23-14-7-3-4-8-25(14)17/h1-8,10H,9H2,(H,20,22,27)(H,21,24,26). The van der Waals surface area contributed by atoms with Gasteiger partial charge in [-0.25, -0.2) is 9.37 Å². The van der Waals surface area contributed by atoms with Crippen LogP contribution in [0, 0.1) is 5.82 Å². The van der Waals surface area contributed by atoms with Crippen LogP contribution in [-0.4, -0.2) is 31.4 Å². The molecule has 2 N–H and O–H groups in total. The first kappa shape index (κ1) is 17.7. The minimum Gasteiger partial charge on any atom is -0.298 e. The van der Waals surface area contributed by atoms with Gasteiger partial charge in [0.1, 0.15) is 5.82 Å². The number of nitrogens with zero attached hydrogens (tertiary/aromatic N) is 4. The average molecular weight is 396 g/mol. The summed E-state index contributed by atoms with van der Waals surface area (Å²) in [7, 11) is 0. The van der Waals surface area contributed by atoms with E-state index in [2.05, 4.69) is 25.8 Å². The SMILES string of the molecule is O=C(Cc1csc(NC(=O)c2ccccc2F)n1)Nc1nnc2ccccn12. The van der Waals surface area contributed by atoms with E-state index in [0.29, 0.717) is 17.3 Å². The van der Waals surface area contributed by atoms with Crippen LogP contribution in [0.3, 0.4) is 0 Å². The van der Waals surface area contributed by atoms with E-state index >= 15 is 0 Å². The van der Waals surface area contributed by atoms with Crippen LogP contribution in [0.25, 0.3) is 5.65 Å². The molecule has 8 nitrogen and oxygen atoms in total. The lowest BCUT2D eigenvalue weighted by Gasteiger charge is -2.03. The van der Waals surface area contributed by atoms with Crippen molar-refractivity contribution in [3.05, 3.63) is 71.1 Å². The van der Waals surface area contributed by atoms with Gasteiger partial charge in [0.25, 0.3) is 5.91 Å². The lowest BCUT2D eigenvalue weighted by molar-refractivity contribution is -0.115. The third kappa shape index (κ3) is 3.71. The number of carbonyl (C=O) groups excluding carboxylic acids is 2. The Kier molecular flexibility index (Phi) is 4.77. The Morgan fingerprint density at radius 2 is 1.89 bits per heavy atom. The van der Waals surface area contributed by atoms with Crippen molar-refractivity contribution in [2.24, 2.45) is 0 Å². The van der Waals surface area contributed by atoms with E-state index in [1.54, 1.807) is 34.2 Å². The van der Waals surface area contributed by atoms with Crippen LogP contribution >= 0.6 is 11.3 Å². The molecule has 0 unspecified atom stereocenters. The fourth-order valence-electron chi connectivity index (χ4n) is 2.52. The van der Waals surface area contributed by atoms with Gasteiger partial charge >= 0.3 is 0 Å². The summed E-state index contributed by atoms with van der Waals surface area (Å²) in [4.78, 5) is 28.6. The molecule has 0 saturated carbocycles. The molecule has 0 fully saturated rings. The van der Waals surface area contributed by atoms with Gasteiger partial charge in [-0.15, -0.1) is 21.5 Å². The molecule has 3 heterocycles. The van der Waals surface area contributed by atoms with Crippen molar-refractivity contribution in [1.29, 1.82) is 0 Å². The number of nitrogens with one attached hydrogen (secondary N) is 2. The second-order valence-corrected chi connectivity index (χ2v) is 6.61. The molecule has 0 atom stereocenters. The second kappa shape index (κ2) is 7.53. The summed E-state index contributed by atoms with van der Waals surface area (Å²) in [6, 6.07) is 11.1. The van der Waals surface area contributed by atoms with Gasteiger partial charge < -0.3 is 0 Å². The minimum absolute atomic E-state index is 0.00614. The van der Waals surface area contributed by atoms with E-state index in [-0.39, 0.29) is 23.0 Å². The molecule has 0 radical (unpaired) electrons. The number of hydrogen-bond donors (Lipinski definition) is 2. The fourth-order valence-corrected chi connectivity index (χ4v) is 3.22. The van der Waals surface area contributed by atoms with Crippen LogP contribution in [0.5, 0.6) is 0 Å². The zero-order chi connectivity index (χ0) is 19.5. The van der Waals surface area contributed by atoms with E-state index in [9.17, 15) is 14.0 Å². The summed E-state index contributed by atoms with van der Waals surface area (Å²) in [5, 5.41) is 15.0. The number of amides is 2. The third-order valence-electron chi connectivity index (χ3n) is 3.80. The number of benzene rings is 1. The zero-order valence-electron chi connectivity index (χ0n) is 14.3. The van der Waals surface area contributed by atoms with Crippen molar-refractivity contribution in [1.82, 2.24) is 19.6 Å². The summed E-state index contributed by atoms with van der Waals surface area (Å²) in [5.74, 6) is -1.23. The summed E-state index contributed by atoms with van der Waals surface area (Å²) in [5.41, 5.74) is 1.01. The Hall–Kier alpha value is -3.66. The lowest BCUT2D eigenvalue weighted by atomic mass is 10.2. The molecule has 0 aliphatic heterocycles. The molecular formula is C18H13FN6O2S. The van der Waals surface area contributed by atoms with Crippen LogP contribution in [0.15, 0.2) is 54.0 Å². The number of thiazole rings is 1. The summed E-state index contributed by atoms with van der Waals surface area (Å²) in [6.07, 6.45) is 1.73. The highest BCUT2D eigenvalue weighted by Gasteiger charge is 2.15. The number of rotatable bonds is 5. The van der Waals surface area contributed by atoms with Gasteiger partial charge in [-0.1, -0.05) is 18.2 Å². The normalized spacial score (nSPS) is 10.8. The molecule has 10 heteroatoms. The quantitative estimate of drug-likeness (QED) is 0.540. The predicted octanol–water partition coefficient (Wildman–Crippen LogP) is 2.76. The van der Waals surface area contributed by atoms with Gasteiger partial charge in [-0.05, 0) is 24.3 Å². The van der Waals surface area contributed by atoms with Gasteiger partial charge in [0.2, 0.25) is 11.9 Å². The van der Waals surface area contributed by atoms with Crippen molar-refractivity contribution in [2.45, 2.75) is 6.42 Å². The molecule has 0 aliphatic rings. The maximum atomic E-state index is 13.7. The van der Waals surface area contributed by atoms with Crippen LogP contribution in [0.2, 0.25) is 0 Å². The van der Waals surface area contributed by atoms with E-state index in [0.717, 1.165) is 11.3 Å². The van der Waals surface area contributed by atoms with Gasteiger partial charge in [-0.3, -0.25) is 24.6 Å². The van der Waals surface area contributed by atoms with E-state index in [1.165, 1.54) is 18.2 Å². The van der Waals surface area contributed by atoms with Crippen molar-refractivity contribution in [2.75, 3.05) is 10.6 Å². The minimum atomic E-state index is -0.614. The maximum Gasteiger partial charge on any atom is 0.260 e. The van der Waals surface area contributed by atoms with Crippen LogP contribution < -0.4 is 10.6 Å². The molecule has 0 spiro atoms. The highest BCUT2D eigenvalue weighted by molar-refractivity contribution is 7.14. The predicted molar refractivity (Wildman–Crippen MR) is 102 cm³/mol. The molecule has 0 aliphatic carbocycles. The summed E-state index contributed by atoms with van der Waals surface area (Å²) in [6.45, 7) is 0. The smallest absolute Gasteiger partial charge is 0.260 e. The molecule has 3 aromatic heterocycles. The Labute approximate surface area is 162 Å². The topological polar surface area (TPSA) is 101 Å². The first-order valence-corrected chi connectivity index (χ1v) is 9.08. The van der Waals surface area contributed by atoms with Crippen LogP contribution in [0.1, 0.15) is 16.1 Å². The molecule has 28 heavy (non-hydrogen) atoms. The van der Waals surface area contributed by atoms with E-state index in [4.69, 9.17) is 0 Å². The first-order chi connectivity index (χ1) is 13.6. The van der Waals surface area contributed by atoms with Gasteiger partial charge in [-0.2, -0.15) is 0 Å². The van der Waals surface area contributed by atoms with Gasteiger partial charge in [0, 0.05) is 11.6 Å². The molecule has 4 aromatic rings. The maximum absolute atomic E-state index is 13.7. The van der Waals surface area contributed by atoms with Crippen molar-refractivity contribution in [3.63, 3.8) is 0 Å². The largest absolute Gasteiger partial charge is 0.298 e. The monoisotopic (exact) mass is 396 g/mol. The Bertz CT molecular complexity index is 1170. The summed E-state index contributed by atoms with van der Waals surface area (Å²) >= 11 is 1.15. The number of fused-ring (bicyclic) bond motifs is 1. The number of hydrogen-bond acceptors (Lipinski definition) is 6. The molecule has 1 aromatic carbocycles. The number of pyridine rings is 1. The Morgan fingerprint density at radius 3 is 2.75 bits per heavy atom. The second-order valence-electron chi connectivity index (χ2n) is 5.76.